The van der Waals surface area contributed by atoms with Gasteiger partial charge in [-0.05, 0) is 44.0 Å². The van der Waals surface area contributed by atoms with Crippen molar-refractivity contribution >= 4 is 15.8 Å². The summed E-state index contributed by atoms with van der Waals surface area (Å²) in [5.74, 6) is 2.54. The topological polar surface area (TPSA) is 93.7 Å². The molecule has 1 aromatic heterocycles. The Hall–Kier alpha value is -2.39. The summed E-state index contributed by atoms with van der Waals surface area (Å²) in [6.07, 6.45) is 2.32. The van der Waals surface area contributed by atoms with Crippen LogP contribution < -0.4 is 19.1 Å². The van der Waals surface area contributed by atoms with Crippen molar-refractivity contribution in [2.45, 2.75) is 24.7 Å². The number of sulfonamides is 1. The van der Waals surface area contributed by atoms with E-state index in [1.807, 2.05) is 6.92 Å². The Morgan fingerprint density at radius 3 is 2.52 bits per heavy atom. The minimum Gasteiger partial charge on any atom is -0.497 e. The van der Waals surface area contributed by atoms with Gasteiger partial charge in [0.25, 0.3) is 0 Å². The molecule has 9 heteroatoms. The van der Waals surface area contributed by atoms with Crippen LogP contribution >= 0.6 is 0 Å². The van der Waals surface area contributed by atoms with Gasteiger partial charge in [-0.25, -0.2) is 18.1 Å². The van der Waals surface area contributed by atoms with Crippen molar-refractivity contribution in [3.8, 4) is 11.6 Å². The molecule has 146 valence electrons. The van der Waals surface area contributed by atoms with E-state index in [1.54, 1.807) is 18.2 Å². The second kappa shape index (κ2) is 8.53. The van der Waals surface area contributed by atoms with Crippen molar-refractivity contribution in [2.24, 2.45) is 0 Å². The number of aryl methyl sites for hydroxylation is 1. The molecular weight excluding hydrogens is 368 g/mol. The molecule has 2 aromatic rings. The fourth-order valence-electron chi connectivity index (χ4n) is 2.88. The van der Waals surface area contributed by atoms with Crippen LogP contribution in [0.3, 0.4) is 0 Å². The quantitative estimate of drug-likeness (QED) is 0.684. The summed E-state index contributed by atoms with van der Waals surface area (Å²) in [4.78, 5) is 11.1. The lowest BCUT2D eigenvalue weighted by Gasteiger charge is -2.17. The van der Waals surface area contributed by atoms with Gasteiger partial charge in [0.1, 0.15) is 24.0 Å². The second-order valence-corrected chi connectivity index (χ2v) is 7.99. The van der Waals surface area contributed by atoms with E-state index in [9.17, 15) is 8.42 Å². The molecule has 0 amide bonds. The van der Waals surface area contributed by atoms with Crippen molar-refractivity contribution in [1.29, 1.82) is 0 Å². The molecule has 0 spiro atoms. The Morgan fingerprint density at radius 1 is 1.15 bits per heavy atom. The number of hydrogen-bond donors (Lipinski definition) is 1. The van der Waals surface area contributed by atoms with Crippen molar-refractivity contribution < 1.29 is 17.9 Å². The Kier molecular flexibility index (Phi) is 6.12. The molecule has 0 unspecified atom stereocenters. The van der Waals surface area contributed by atoms with Crippen LogP contribution in [-0.2, 0) is 10.0 Å². The van der Waals surface area contributed by atoms with E-state index in [0.717, 1.165) is 31.7 Å². The summed E-state index contributed by atoms with van der Waals surface area (Å²) in [6.45, 7) is 4.09. The molecule has 8 nitrogen and oxygen atoms in total. The Balaban J connectivity index is 1.54. The number of methoxy groups -OCH3 is 1. The summed E-state index contributed by atoms with van der Waals surface area (Å²) < 4.78 is 37.8. The average molecular weight is 392 g/mol. The minimum atomic E-state index is -3.60. The van der Waals surface area contributed by atoms with Crippen LogP contribution in [0.1, 0.15) is 18.7 Å². The van der Waals surface area contributed by atoms with Gasteiger partial charge in [0.2, 0.25) is 15.9 Å². The van der Waals surface area contributed by atoms with Gasteiger partial charge < -0.3 is 14.4 Å². The van der Waals surface area contributed by atoms with Crippen LogP contribution in [-0.4, -0.2) is 51.7 Å². The normalized spacial score (nSPS) is 14.4. The standard InChI is InChI=1S/C18H24N4O4S/c1-14-20-17(22-10-3-4-11-22)13-18(21-14)26-12-9-19-27(23,24)16-7-5-15(25-2)6-8-16/h5-8,13,19H,3-4,9-12H2,1-2H3. The highest BCUT2D eigenvalue weighted by molar-refractivity contribution is 7.89. The molecule has 27 heavy (non-hydrogen) atoms. The largest absolute Gasteiger partial charge is 0.497 e. The molecule has 0 aliphatic carbocycles. The van der Waals surface area contributed by atoms with Gasteiger partial charge in [0, 0.05) is 25.7 Å². The van der Waals surface area contributed by atoms with Crippen LogP contribution in [0.5, 0.6) is 11.6 Å². The van der Waals surface area contributed by atoms with Crippen molar-refractivity contribution in [1.82, 2.24) is 14.7 Å². The second-order valence-electron chi connectivity index (χ2n) is 6.23. The first kappa shape index (κ1) is 19.4. The highest BCUT2D eigenvalue weighted by Crippen LogP contribution is 2.21. The van der Waals surface area contributed by atoms with E-state index in [2.05, 4.69) is 19.6 Å². The summed E-state index contributed by atoms with van der Waals surface area (Å²) in [5.41, 5.74) is 0. The Labute approximate surface area is 159 Å². The van der Waals surface area contributed by atoms with E-state index < -0.39 is 10.0 Å². The Morgan fingerprint density at radius 2 is 1.85 bits per heavy atom. The molecule has 0 bridgehead atoms. The zero-order valence-electron chi connectivity index (χ0n) is 15.5. The fourth-order valence-corrected chi connectivity index (χ4v) is 3.89. The number of aromatic nitrogens is 2. The van der Waals surface area contributed by atoms with E-state index in [1.165, 1.54) is 19.2 Å². The van der Waals surface area contributed by atoms with Gasteiger partial charge in [-0.3, -0.25) is 0 Å². The maximum Gasteiger partial charge on any atom is 0.240 e. The average Bonchev–Trinajstić information content (AvgIpc) is 3.20. The van der Waals surface area contributed by atoms with E-state index in [0.29, 0.717) is 17.5 Å². The smallest absolute Gasteiger partial charge is 0.240 e. The Bertz CT molecular complexity index is 865. The highest BCUT2D eigenvalue weighted by Gasteiger charge is 2.16. The third-order valence-corrected chi connectivity index (χ3v) is 5.72. The zero-order chi connectivity index (χ0) is 19.3. The van der Waals surface area contributed by atoms with Crippen molar-refractivity contribution in [2.75, 3.05) is 38.3 Å². The van der Waals surface area contributed by atoms with Gasteiger partial charge in [-0.15, -0.1) is 0 Å². The van der Waals surface area contributed by atoms with E-state index >= 15 is 0 Å². The summed E-state index contributed by atoms with van der Waals surface area (Å²) >= 11 is 0. The molecule has 2 heterocycles. The fraction of sp³-hybridized carbons (Fsp3) is 0.444. The molecule has 1 fully saturated rings. The number of hydrogen-bond acceptors (Lipinski definition) is 7. The molecule has 1 aliphatic heterocycles. The van der Waals surface area contributed by atoms with Crippen LogP contribution in [0, 0.1) is 6.92 Å². The molecule has 0 atom stereocenters. The summed E-state index contributed by atoms with van der Waals surface area (Å²) in [6, 6.07) is 8.01. The van der Waals surface area contributed by atoms with Crippen LogP contribution in [0.15, 0.2) is 35.2 Å². The maximum atomic E-state index is 12.3. The predicted molar refractivity (Wildman–Crippen MR) is 102 cm³/mol. The number of ether oxygens (including phenoxy) is 2. The number of nitrogens with one attached hydrogen (secondary N) is 1. The number of anilines is 1. The van der Waals surface area contributed by atoms with Crippen LogP contribution in [0.2, 0.25) is 0 Å². The number of benzene rings is 1. The molecular formula is C18H24N4O4S. The SMILES string of the molecule is COc1ccc(S(=O)(=O)NCCOc2cc(N3CCCC3)nc(C)n2)cc1. The zero-order valence-corrected chi connectivity index (χ0v) is 16.3. The van der Waals surface area contributed by atoms with Crippen molar-refractivity contribution in [3.05, 3.63) is 36.2 Å². The lowest BCUT2D eigenvalue weighted by molar-refractivity contribution is 0.309. The number of nitrogens with zero attached hydrogens (tertiary/aromatic N) is 3. The third-order valence-electron chi connectivity index (χ3n) is 4.24. The highest BCUT2D eigenvalue weighted by atomic mass is 32.2. The van der Waals surface area contributed by atoms with E-state index in [4.69, 9.17) is 9.47 Å². The molecule has 3 rings (SSSR count). The van der Waals surface area contributed by atoms with Crippen LogP contribution in [0.25, 0.3) is 0 Å². The van der Waals surface area contributed by atoms with Crippen LogP contribution in [0.4, 0.5) is 5.82 Å². The van der Waals surface area contributed by atoms with Gasteiger partial charge in [-0.2, -0.15) is 4.98 Å². The van der Waals surface area contributed by atoms with E-state index in [-0.39, 0.29) is 18.0 Å². The first-order valence-electron chi connectivity index (χ1n) is 8.85. The molecule has 1 N–H and O–H groups in total. The summed E-state index contributed by atoms with van der Waals surface area (Å²) in [5, 5.41) is 0. The lowest BCUT2D eigenvalue weighted by Crippen LogP contribution is -2.28. The molecule has 1 aromatic carbocycles. The molecule has 1 aliphatic rings. The first-order chi connectivity index (χ1) is 13.0. The van der Waals surface area contributed by atoms with Gasteiger partial charge in [0.05, 0.1) is 12.0 Å². The summed E-state index contributed by atoms with van der Waals surface area (Å²) in [7, 11) is -2.06. The predicted octanol–water partition coefficient (Wildman–Crippen LogP) is 1.75. The third kappa shape index (κ3) is 5.08. The monoisotopic (exact) mass is 392 g/mol. The van der Waals surface area contributed by atoms with Gasteiger partial charge >= 0.3 is 0 Å². The van der Waals surface area contributed by atoms with Gasteiger partial charge in [-0.1, -0.05) is 0 Å². The molecule has 0 radical (unpaired) electrons. The first-order valence-corrected chi connectivity index (χ1v) is 10.3. The molecule has 1 saturated heterocycles. The molecule has 0 saturated carbocycles. The van der Waals surface area contributed by atoms with Gasteiger partial charge in [0.15, 0.2) is 0 Å². The minimum absolute atomic E-state index is 0.135. The maximum absolute atomic E-state index is 12.3. The van der Waals surface area contributed by atoms with Crippen molar-refractivity contribution in [3.63, 3.8) is 0 Å². The lowest BCUT2D eigenvalue weighted by atomic mass is 10.3. The number of rotatable bonds is 8.